The molecule has 2 aliphatic rings. The van der Waals surface area contributed by atoms with Crippen LogP contribution >= 0.6 is 0 Å². The molecule has 0 bridgehead atoms. The lowest BCUT2D eigenvalue weighted by Crippen LogP contribution is -2.64. The van der Waals surface area contributed by atoms with Crippen LogP contribution in [0.25, 0.3) is 10.9 Å². The molecule has 2 aromatic carbocycles. The van der Waals surface area contributed by atoms with E-state index < -0.39 is 0 Å². The number of hydrogen-bond donors (Lipinski definition) is 1. The molecule has 2 fully saturated rings. The minimum absolute atomic E-state index is 0.0000139. The van der Waals surface area contributed by atoms with E-state index in [1.165, 1.54) is 17.2 Å². The number of urea groups is 1. The molecule has 2 amide bonds. The molecule has 2 heterocycles. The van der Waals surface area contributed by atoms with E-state index in [4.69, 9.17) is 0 Å². The molecule has 30 heavy (non-hydrogen) atoms. The number of hydrogen-bond acceptors (Lipinski definition) is 2. The van der Waals surface area contributed by atoms with Crippen molar-refractivity contribution in [1.82, 2.24) is 9.88 Å². The third-order valence-corrected chi connectivity index (χ3v) is 7.01. The van der Waals surface area contributed by atoms with E-state index in [0.717, 1.165) is 55.2 Å². The van der Waals surface area contributed by atoms with Crippen molar-refractivity contribution in [3.8, 4) is 0 Å². The third-order valence-electron chi connectivity index (χ3n) is 7.01. The maximum atomic E-state index is 13.8. The van der Waals surface area contributed by atoms with Gasteiger partial charge in [-0.2, -0.15) is 0 Å². The lowest BCUT2D eigenvalue weighted by molar-refractivity contribution is -0.00398. The SMILES string of the molecule is Cc1ccc(NC(=O)N2CCC23CCC(c2ccnc4ccc(F)cc24)CC3)cc1. The lowest BCUT2D eigenvalue weighted by Gasteiger charge is -2.56. The monoisotopic (exact) mass is 403 g/mol. The fraction of sp³-hybridized carbons (Fsp3) is 0.360. The predicted octanol–water partition coefficient (Wildman–Crippen LogP) is 6.02. The van der Waals surface area contributed by atoms with E-state index in [2.05, 4.69) is 10.3 Å². The van der Waals surface area contributed by atoms with Crippen molar-refractivity contribution in [2.45, 2.75) is 50.5 Å². The Hall–Kier alpha value is -2.95. The van der Waals surface area contributed by atoms with Gasteiger partial charge in [0.25, 0.3) is 0 Å². The molecular formula is C25H26FN3O. The zero-order chi connectivity index (χ0) is 20.7. The molecule has 5 heteroatoms. The van der Waals surface area contributed by atoms with Gasteiger partial charge >= 0.3 is 6.03 Å². The molecule has 154 valence electrons. The van der Waals surface area contributed by atoms with Gasteiger partial charge in [-0.1, -0.05) is 17.7 Å². The number of benzene rings is 2. The molecule has 0 radical (unpaired) electrons. The first-order valence-corrected chi connectivity index (χ1v) is 10.7. The second-order valence-corrected chi connectivity index (χ2v) is 8.76. The molecule has 4 nitrogen and oxygen atoms in total. The number of pyridine rings is 1. The van der Waals surface area contributed by atoms with Crippen molar-refractivity contribution >= 4 is 22.6 Å². The Morgan fingerprint density at radius 1 is 1.10 bits per heavy atom. The zero-order valence-electron chi connectivity index (χ0n) is 17.2. The van der Waals surface area contributed by atoms with Gasteiger partial charge in [0.15, 0.2) is 0 Å². The number of likely N-dealkylation sites (tertiary alicyclic amines) is 1. The molecule has 1 aromatic heterocycles. The largest absolute Gasteiger partial charge is 0.322 e. The Balaban J connectivity index is 1.29. The summed E-state index contributed by atoms with van der Waals surface area (Å²) in [6.45, 7) is 2.85. The number of aromatic nitrogens is 1. The van der Waals surface area contributed by atoms with Crippen LogP contribution in [0.15, 0.2) is 54.7 Å². The maximum Gasteiger partial charge on any atom is 0.322 e. The summed E-state index contributed by atoms with van der Waals surface area (Å²) in [4.78, 5) is 19.3. The van der Waals surface area contributed by atoms with E-state index >= 15 is 0 Å². The number of anilines is 1. The number of halogens is 1. The Labute approximate surface area is 176 Å². The summed E-state index contributed by atoms with van der Waals surface area (Å²) in [7, 11) is 0. The number of aryl methyl sites for hydroxylation is 1. The second-order valence-electron chi connectivity index (χ2n) is 8.76. The Kier molecular flexibility index (Phi) is 4.69. The van der Waals surface area contributed by atoms with Crippen LogP contribution in [0, 0.1) is 12.7 Å². The third kappa shape index (κ3) is 3.32. The topological polar surface area (TPSA) is 45.2 Å². The number of fused-ring (bicyclic) bond motifs is 1. The highest BCUT2D eigenvalue weighted by Crippen LogP contribution is 2.48. The van der Waals surface area contributed by atoms with Crippen LogP contribution in [0.5, 0.6) is 0 Å². The standard InChI is InChI=1S/C25H26FN3O/c1-17-2-5-20(6-3-17)28-24(30)29-15-13-25(29)11-8-18(9-12-25)21-10-14-27-23-7-4-19(26)16-22(21)23/h2-7,10,14,16,18H,8-9,11-13,15H2,1H3,(H,28,30). The molecule has 1 N–H and O–H groups in total. The van der Waals surface area contributed by atoms with Crippen LogP contribution in [0.2, 0.25) is 0 Å². The lowest BCUT2D eigenvalue weighted by atomic mass is 9.68. The Morgan fingerprint density at radius 2 is 1.87 bits per heavy atom. The van der Waals surface area contributed by atoms with E-state index in [9.17, 15) is 9.18 Å². The van der Waals surface area contributed by atoms with Crippen LogP contribution < -0.4 is 5.32 Å². The van der Waals surface area contributed by atoms with Crippen LogP contribution in [-0.4, -0.2) is 28.0 Å². The van der Waals surface area contributed by atoms with E-state index in [-0.39, 0.29) is 17.4 Å². The molecule has 1 spiro atoms. The molecule has 1 saturated carbocycles. The smallest absolute Gasteiger partial charge is 0.319 e. The number of nitrogens with one attached hydrogen (secondary N) is 1. The number of carbonyl (C=O) groups is 1. The average molecular weight is 404 g/mol. The van der Waals surface area contributed by atoms with Gasteiger partial charge in [0, 0.05) is 29.4 Å². The molecule has 1 saturated heterocycles. The highest BCUT2D eigenvalue weighted by atomic mass is 19.1. The fourth-order valence-corrected chi connectivity index (χ4v) is 5.17. The van der Waals surface area contributed by atoms with Gasteiger partial charge in [-0.25, -0.2) is 9.18 Å². The minimum atomic E-state index is -0.220. The van der Waals surface area contributed by atoms with Gasteiger partial charge in [0.05, 0.1) is 5.52 Å². The summed E-state index contributed by atoms with van der Waals surface area (Å²) in [5.74, 6) is 0.160. The van der Waals surface area contributed by atoms with Crippen LogP contribution in [-0.2, 0) is 0 Å². The van der Waals surface area contributed by atoms with E-state index in [1.54, 1.807) is 12.1 Å². The summed E-state index contributed by atoms with van der Waals surface area (Å²) < 4.78 is 13.8. The van der Waals surface area contributed by atoms with E-state index in [1.807, 2.05) is 48.4 Å². The molecular weight excluding hydrogens is 377 g/mol. The van der Waals surface area contributed by atoms with Crippen molar-refractivity contribution in [3.05, 3.63) is 71.7 Å². The normalized spacial score (nSPS) is 23.4. The second kappa shape index (κ2) is 7.38. The molecule has 1 aliphatic carbocycles. The molecule has 0 unspecified atom stereocenters. The first kappa shape index (κ1) is 19.0. The highest BCUT2D eigenvalue weighted by Gasteiger charge is 2.49. The van der Waals surface area contributed by atoms with Crippen molar-refractivity contribution in [2.75, 3.05) is 11.9 Å². The van der Waals surface area contributed by atoms with Crippen molar-refractivity contribution in [3.63, 3.8) is 0 Å². The highest BCUT2D eigenvalue weighted by molar-refractivity contribution is 5.90. The summed E-state index contributed by atoms with van der Waals surface area (Å²) >= 11 is 0. The maximum absolute atomic E-state index is 13.8. The Morgan fingerprint density at radius 3 is 2.57 bits per heavy atom. The molecule has 1 aliphatic heterocycles. The first-order chi connectivity index (χ1) is 14.5. The molecule has 5 rings (SSSR count). The summed E-state index contributed by atoms with van der Waals surface area (Å²) in [5, 5.41) is 3.97. The van der Waals surface area contributed by atoms with Gasteiger partial charge in [-0.05, 0) is 86.9 Å². The van der Waals surface area contributed by atoms with Gasteiger partial charge in [-0.15, -0.1) is 0 Å². The number of nitrogens with zero attached hydrogens (tertiary/aromatic N) is 2. The van der Waals surface area contributed by atoms with Crippen molar-refractivity contribution in [2.24, 2.45) is 0 Å². The van der Waals surface area contributed by atoms with E-state index in [0.29, 0.717) is 5.92 Å². The summed E-state index contributed by atoms with van der Waals surface area (Å²) in [6, 6.07) is 14.8. The summed E-state index contributed by atoms with van der Waals surface area (Å²) in [5.41, 5.74) is 4.02. The van der Waals surface area contributed by atoms with Crippen LogP contribution in [0.4, 0.5) is 14.9 Å². The van der Waals surface area contributed by atoms with Gasteiger partial charge in [0.1, 0.15) is 5.82 Å². The average Bonchev–Trinajstić information content (AvgIpc) is 2.74. The number of carbonyl (C=O) groups excluding carboxylic acids is 1. The number of amides is 2. The van der Waals surface area contributed by atoms with Gasteiger partial charge in [0.2, 0.25) is 0 Å². The zero-order valence-corrected chi connectivity index (χ0v) is 17.2. The van der Waals surface area contributed by atoms with Crippen LogP contribution in [0.1, 0.15) is 49.1 Å². The minimum Gasteiger partial charge on any atom is -0.319 e. The fourth-order valence-electron chi connectivity index (χ4n) is 5.17. The Bertz CT molecular complexity index is 1090. The van der Waals surface area contributed by atoms with Gasteiger partial charge < -0.3 is 10.2 Å². The summed E-state index contributed by atoms with van der Waals surface area (Å²) in [6.07, 6.45) is 6.86. The molecule has 3 aromatic rings. The van der Waals surface area contributed by atoms with Crippen LogP contribution in [0.3, 0.4) is 0 Å². The molecule has 0 atom stereocenters. The first-order valence-electron chi connectivity index (χ1n) is 10.7. The predicted molar refractivity (Wildman–Crippen MR) is 117 cm³/mol. The number of rotatable bonds is 2. The van der Waals surface area contributed by atoms with Crippen molar-refractivity contribution in [1.29, 1.82) is 0 Å². The van der Waals surface area contributed by atoms with Crippen molar-refractivity contribution < 1.29 is 9.18 Å². The van der Waals surface area contributed by atoms with Gasteiger partial charge in [-0.3, -0.25) is 4.98 Å². The quantitative estimate of drug-likeness (QED) is 0.569.